The van der Waals surface area contributed by atoms with E-state index in [1.54, 1.807) is 0 Å². The fourth-order valence-corrected chi connectivity index (χ4v) is 3.53. The molecule has 0 bridgehead atoms. The Morgan fingerprint density at radius 2 is 1.84 bits per heavy atom. The molecule has 1 atom stereocenters. The average molecular weight is 453 g/mol. The Labute approximate surface area is 181 Å². The number of hydrogen-bond donors (Lipinski definition) is 2. The summed E-state index contributed by atoms with van der Waals surface area (Å²) in [6.45, 7) is 0.565. The molecule has 3 aromatic rings. The number of rotatable bonds is 10. The van der Waals surface area contributed by atoms with Crippen LogP contribution in [0.4, 0.5) is 13.2 Å². The lowest BCUT2D eigenvalue weighted by atomic mass is 10.1. The first kappa shape index (κ1) is 23.1. The van der Waals surface area contributed by atoms with E-state index in [1.165, 1.54) is 12.1 Å². The number of nitrogens with zero attached hydrogens (tertiary/aromatic N) is 2. The smallest absolute Gasteiger partial charge is 0.419 e. The summed E-state index contributed by atoms with van der Waals surface area (Å²) in [4.78, 5) is 0. The van der Waals surface area contributed by atoms with E-state index in [4.69, 9.17) is 20.3 Å². The molecule has 0 aliphatic rings. The predicted octanol–water partition coefficient (Wildman–Crippen LogP) is 4.20. The van der Waals surface area contributed by atoms with Gasteiger partial charge >= 0.3 is 6.18 Å². The molecule has 31 heavy (non-hydrogen) atoms. The van der Waals surface area contributed by atoms with Crippen molar-refractivity contribution < 1.29 is 27.8 Å². The molecule has 1 unspecified atom stereocenters. The first-order chi connectivity index (χ1) is 14.9. The molecule has 6 nitrogen and oxygen atoms in total. The van der Waals surface area contributed by atoms with E-state index in [-0.39, 0.29) is 29.5 Å². The minimum atomic E-state index is -4.59. The third kappa shape index (κ3) is 6.47. The van der Waals surface area contributed by atoms with E-state index in [1.807, 2.05) is 30.3 Å². The SMILES string of the molecule is NC(CO)c1nnc(-c2ccc(OCCCOCc3ccccc3)c(C(F)(F)F)c2)s1. The zero-order chi connectivity index (χ0) is 22.3. The molecule has 1 aromatic heterocycles. The summed E-state index contributed by atoms with van der Waals surface area (Å²) in [5, 5.41) is 17.4. The third-order valence-electron chi connectivity index (χ3n) is 4.29. The quantitative estimate of drug-likeness (QED) is 0.447. The topological polar surface area (TPSA) is 90.5 Å². The van der Waals surface area contributed by atoms with Gasteiger partial charge in [-0.1, -0.05) is 41.7 Å². The van der Waals surface area contributed by atoms with Crippen LogP contribution in [0.25, 0.3) is 10.6 Å². The van der Waals surface area contributed by atoms with Crippen LogP contribution in [0.5, 0.6) is 5.75 Å². The van der Waals surface area contributed by atoms with E-state index in [2.05, 4.69) is 10.2 Å². The fraction of sp³-hybridized carbons (Fsp3) is 0.333. The molecular weight excluding hydrogens is 431 g/mol. The number of aliphatic hydroxyl groups is 1. The lowest BCUT2D eigenvalue weighted by molar-refractivity contribution is -0.138. The minimum Gasteiger partial charge on any atom is -0.493 e. The Morgan fingerprint density at radius 1 is 1.06 bits per heavy atom. The van der Waals surface area contributed by atoms with Crippen molar-refractivity contribution in [3.05, 3.63) is 64.7 Å². The van der Waals surface area contributed by atoms with Crippen LogP contribution < -0.4 is 10.5 Å². The van der Waals surface area contributed by atoms with Gasteiger partial charge in [-0.25, -0.2) is 0 Å². The maximum absolute atomic E-state index is 13.6. The second-order valence-electron chi connectivity index (χ2n) is 6.68. The molecule has 3 rings (SSSR count). The van der Waals surface area contributed by atoms with Crippen LogP contribution in [0.1, 0.15) is 28.6 Å². The Hall–Kier alpha value is -2.53. The summed E-state index contributed by atoms with van der Waals surface area (Å²) in [5.41, 5.74) is 6.06. The number of aromatic nitrogens is 2. The molecule has 0 aliphatic carbocycles. The summed E-state index contributed by atoms with van der Waals surface area (Å²) in [5.74, 6) is -0.254. The van der Waals surface area contributed by atoms with Crippen LogP contribution in [-0.2, 0) is 17.5 Å². The second kappa shape index (κ2) is 10.7. The first-order valence-corrected chi connectivity index (χ1v) is 10.4. The Balaban J connectivity index is 1.60. The normalized spacial score (nSPS) is 12.7. The van der Waals surface area contributed by atoms with Crippen LogP contribution in [0, 0.1) is 0 Å². The van der Waals surface area contributed by atoms with Crippen molar-refractivity contribution >= 4 is 11.3 Å². The standard InChI is InChI=1S/C21H22F3N3O3S/c22-21(23,24)16-11-15(19-26-27-20(31-19)17(25)12-28)7-8-18(16)30-10-4-9-29-13-14-5-2-1-3-6-14/h1-3,5-8,11,17,28H,4,9-10,12-13,25H2. The highest BCUT2D eigenvalue weighted by molar-refractivity contribution is 7.14. The zero-order valence-electron chi connectivity index (χ0n) is 16.5. The molecule has 3 N–H and O–H groups in total. The summed E-state index contributed by atoms with van der Waals surface area (Å²) in [6, 6.07) is 12.6. The first-order valence-electron chi connectivity index (χ1n) is 9.54. The van der Waals surface area contributed by atoms with Gasteiger partial charge in [-0.3, -0.25) is 0 Å². The van der Waals surface area contributed by atoms with Crippen LogP contribution in [0.2, 0.25) is 0 Å². The Morgan fingerprint density at radius 3 is 2.55 bits per heavy atom. The van der Waals surface area contributed by atoms with E-state index in [0.29, 0.717) is 24.6 Å². The van der Waals surface area contributed by atoms with E-state index < -0.39 is 17.8 Å². The summed E-state index contributed by atoms with van der Waals surface area (Å²) in [7, 11) is 0. The van der Waals surface area contributed by atoms with Gasteiger partial charge in [0, 0.05) is 12.0 Å². The second-order valence-corrected chi connectivity index (χ2v) is 7.69. The molecule has 0 spiro atoms. The van der Waals surface area contributed by atoms with Gasteiger partial charge in [0.05, 0.1) is 38.0 Å². The maximum atomic E-state index is 13.6. The number of alkyl halides is 3. The Bertz CT molecular complexity index is 967. The lowest BCUT2D eigenvalue weighted by Gasteiger charge is -2.15. The highest BCUT2D eigenvalue weighted by Gasteiger charge is 2.35. The van der Waals surface area contributed by atoms with Crippen molar-refractivity contribution in [2.24, 2.45) is 5.73 Å². The molecular formula is C21H22F3N3O3S. The Kier molecular flexibility index (Phi) is 7.97. The highest BCUT2D eigenvalue weighted by atomic mass is 32.1. The molecule has 0 radical (unpaired) electrons. The largest absolute Gasteiger partial charge is 0.493 e. The van der Waals surface area contributed by atoms with Crippen molar-refractivity contribution in [3.63, 3.8) is 0 Å². The van der Waals surface area contributed by atoms with Crippen LogP contribution in [0.15, 0.2) is 48.5 Å². The third-order valence-corrected chi connectivity index (χ3v) is 5.39. The number of aliphatic hydroxyl groups excluding tert-OH is 1. The van der Waals surface area contributed by atoms with Crippen molar-refractivity contribution in [2.75, 3.05) is 19.8 Å². The molecule has 0 saturated carbocycles. The highest BCUT2D eigenvalue weighted by Crippen LogP contribution is 2.39. The van der Waals surface area contributed by atoms with Crippen LogP contribution >= 0.6 is 11.3 Å². The van der Waals surface area contributed by atoms with Crippen molar-refractivity contribution in [1.82, 2.24) is 10.2 Å². The van der Waals surface area contributed by atoms with Crippen molar-refractivity contribution in [3.8, 4) is 16.3 Å². The maximum Gasteiger partial charge on any atom is 0.419 e. The molecule has 0 amide bonds. The monoisotopic (exact) mass is 453 g/mol. The van der Waals surface area contributed by atoms with Crippen molar-refractivity contribution in [1.29, 1.82) is 0 Å². The number of hydrogen-bond acceptors (Lipinski definition) is 7. The molecule has 0 aliphatic heterocycles. The predicted molar refractivity (Wildman–Crippen MR) is 111 cm³/mol. The number of benzene rings is 2. The molecule has 10 heteroatoms. The van der Waals surface area contributed by atoms with Gasteiger partial charge in [-0.15, -0.1) is 10.2 Å². The lowest BCUT2D eigenvalue weighted by Crippen LogP contribution is -2.13. The zero-order valence-corrected chi connectivity index (χ0v) is 17.3. The van der Waals surface area contributed by atoms with Crippen molar-refractivity contribution in [2.45, 2.75) is 25.2 Å². The van der Waals surface area contributed by atoms with Gasteiger partial charge in [0.25, 0.3) is 0 Å². The number of nitrogens with two attached hydrogens (primary N) is 1. The van der Waals surface area contributed by atoms with Crippen LogP contribution in [0.3, 0.4) is 0 Å². The van der Waals surface area contributed by atoms with Gasteiger partial charge in [-0.2, -0.15) is 13.2 Å². The van der Waals surface area contributed by atoms with Crippen LogP contribution in [-0.4, -0.2) is 35.1 Å². The summed E-state index contributed by atoms with van der Waals surface area (Å²) < 4.78 is 51.6. The molecule has 0 fully saturated rings. The van der Waals surface area contributed by atoms with Gasteiger partial charge in [0.1, 0.15) is 15.8 Å². The number of ether oxygens (including phenoxy) is 2. The molecule has 1 heterocycles. The molecule has 2 aromatic carbocycles. The minimum absolute atomic E-state index is 0.0888. The van der Waals surface area contributed by atoms with Gasteiger partial charge in [0.15, 0.2) is 0 Å². The van der Waals surface area contributed by atoms with E-state index in [9.17, 15) is 13.2 Å². The average Bonchev–Trinajstić information content (AvgIpc) is 3.26. The van der Waals surface area contributed by atoms with Gasteiger partial charge < -0.3 is 20.3 Å². The molecule has 166 valence electrons. The fourth-order valence-electron chi connectivity index (χ4n) is 2.70. The van der Waals surface area contributed by atoms with Gasteiger partial charge in [0.2, 0.25) is 0 Å². The molecule has 0 saturated heterocycles. The number of halogens is 3. The van der Waals surface area contributed by atoms with E-state index in [0.717, 1.165) is 23.0 Å². The van der Waals surface area contributed by atoms with E-state index >= 15 is 0 Å². The summed E-state index contributed by atoms with van der Waals surface area (Å²) >= 11 is 1.04. The summed E-state index contributed by atoms with van der Waals surface area (Å²) in [6.07, 6.45) is -4.14. The van der Waals surface area contributed by atoms with Gasteiger partial charge in [-0.05, 0) is 23.8 Å².